The first-order chi connectivity index (χ1) is 18.5. The SMILES string of the molecule is CCCC1=C2[C@@H](CC/C(=C/c3ccc(CO)o3)c3ccccn3)OC[C@@H]2[C@@H]2C(=O)N(C(=O)OC)C(=O)[C@@H]2C1. The smallest absolute Gasteiger partial charge is 0.423 e. The predicted octanol–water partition coefficient (Wildman–Crippen LogP) is 4.37. The third kappa shape index (κ3) is 4.72. The summed E-state index contributed by atoms with van der Waals surface area (Å²) >= 11 is 0. The van der Waals surface area contributed by atoms with Crippen molar-refractivity contribution in [1.29, 1.82) is 0 Å². The number of imide groups is 3. The number of aliphatic hydroxyl groups excluding tert-OH is 1. The molecule has 9 nitrogen and oxygen atoms in total. The van der Waals surface area contributed by atoms with Crippen molar-refractivity contribution in [3.63, 3.8) is 0 Å². The molecule has 0 aromatic carbocycles. The van der Waals surface area contributed by atoms with Gasteiger partial charge in [0.05, 0.1) is 37.4 Å². The van der Waals surface area contributed by atoms with E-state index in [9.17, 15) is 19.5 Å². The summed E-state index contributed by atoms with van der Waals surface area (Å²) in [5.41, 5.74) is 4.06. The fraction of sp³-hybridized carbons (Fsp3) is 0.448. The van der Waals surface area contributed by atoms with Crippen LogP contribution < -0.4 is 0 Å². The molecule has 0 spiro atoms. The summed E-state index contributed by atoms with van der Waals surface area (Å²) in [4.78, 5) is 43.7. The van der Waals surface area contributed by atoms with E-state index in [0.717, 1.165) is 35.3 Å². The van der Waals surface area contributed by atoms with Gasteiger partial charge in [-0.3, -0.25) is 14.6 Å². The second-order valence-corrected chi connectivity index (χ2v) is 9.94. The topological polar surface area (TPSA) is 119 Å². The molecule has 2 aliphatic heterocycles. The quantitative estimate of drug-likeness (QED) is 0.403. The van der Waals surface area contributed by atoms with Gasteiger partial charge in [-0.2, -0.15) is 4.90 Å². The van der Waals surface area contributed by atoms with Crippen LogP contribution in [0.3, 0.4) is 0 Å². The molecule has 2 fully saturated rings. The van der Waals surface area contributed by atoms with Gasteiger partial charge in [0, 0.05) is 12.1 Å². The van der Waals surface area contributed by atoms with E-state index in [1.165, 1.54) is 7.11 Å². The van der Waals surface area contributed by atoms with Crippen LogP contribution in [-0.4, -0.2) is 52.7 Å². The first-order valence-electron chi connectivity index (χ1n) is 13.1. The van der Waals surface area contributed by atoms with Crippen LogP contribution in [0.2, 0.25) is 0 Å². The number of carbonyl (C=O) groups is 3. The first kappa shape index (κ1) is 26.1. The lowest BCUT2D eigenvalue weighted by molar-refractivity contribution is -0.137. The Morgan fingerprint density at radius 1 is 1.21 bits per heavy atom. The van der Waals surface area contributed by atoms with Crippen LogP contribution in [0.15, 0.2) is 52.1 Å². The number of aromatic nitrogens is 1. The number of methoxy groups -OCH3 is 1. The number of amides is 3. The van der Waals surface area contributed by atoms with Crippen molar-refractivity contribution in [2.24, 2.45) is 17.8 Å². The molecule has 5 rings (SSSR count). The van der Waals surface area contributed by atoms with Gasteiger partial charge in [0.1, 0.15) is 18.1 Å². The fourth-order valence-corrected chi connectivity index (χ4v) is 6.12. The number of hydrogen-bond acceptors (Lipinski definition) is 8. The van der Waals surface area contributed by atoms with Crippen LogP contribution in [0.25, 0.3) is 11.6 Å². The lowest BCUT2D eigenvalue weighted by atomic mass is 9.68. The number of likely N-dealkylation sites (tertiary alicyclic amines) is 1. The van der Waals surface area contributed by atoms with Crippen molar-refractivity contribution >= 4 is 29.6 Å². The van der Waals surface area contributed by atoms with E-state index in [0.29, 0.717) is 42.3 Å². The minimum Gasteiger partial charge on any atom is -0.459 e. The molecule has 0 radical (unpaired) electrons. The van der Waals surface area contributed by atoms with Gasteiger partial charge in [0.25, 0.3) is 0 Å². The molecule has 0 bridgehead atoms. The second-order valence-electron chi connectivity index (χ2n) is 9.94. The number of rotatable bonds is 8. The third-order valence-electron chi connectivity index (χ3n) is 7.74. The monoisotopic (exact) mass is 520 g/mol. The van der Waals surface area contributed by atoms with Gasteiger partial charge in [0.15, 0.2) is 0 Å². The molecular formula is C29H32N2O7. The zero-order valence-corrected chi connectivity index (χ0v) is 21.6. The lowest BCUT2D eigenvalue weighted by Crippen LogP contribution is -2.38. The number of aliphatic hydroxyl groups is 1. The summed E-state index contributed by atoms with van der Waals surface area (Å²) in [5.74, 6) is -1.22. The molecule has 2 saturated heterocycles. The molecule has 2 aromatic rings. The fourth-order valence-electron chi connectivity index (χ4n) is 6.12. The molecule has 38 heavy (non-hydrogen) atoms. The molecule has 0 unspecified atom stereocenters. The van der Waals surface area contributed by atoms with Gasteiger partial charge in [0.2, 0.25) is 11.8 Å². The molecule has 0 saturated carbocycles. The van der Waals surface area contributed by atoms with Crippen molar-refractivity contribution < 1.29 is 33.4 Å². The number of furan rings is 1. The van der Waals surface area contributed by atoms with Crippen LogP contribution in [0.4, 0.5) is 4.79 Å². The van der Waals surface area contributed by atoms with Gasteiger partial charge < -0.3 is 19.0 Å². The van der Waals surface area contributed by atoms with E-state index in [2.05, 4.69) is 11.9 Å². The van der Waals surface area contributed by atoms with E-state index in [1.54, 1.807) is 12.3 Å². The van der Waals surface area contributed by atoms with Crippen molar-refractivity contribution in [3.8, 4) is 0 Å². The van der Waals surface area contributed by atoms with Crippen LogP contribution in [0, 0.1) is 17.8 Å². The Morgan fingerprint density at radius 2 is 2.05 bits per heavy atom. The lowest BCUT2D eigenvalue weighted by Gasteiger charge is -2.31. The highest BCUT2D eigenvalue weighted by Crippen LogP contribution is 2.51. The second kappa shape index (κ2) is 11.0. The minimum atomic E-state index is -0.920. The Balaban J connectivity index is 1.42. The zero-order valence-electron chi connectivity index (χ0n) is 21.6. The Morgan fingerprint density at radius 3 is 2.74 bits per heavy atom. The van der Waals surface area contributed by atoms with Gasteiger partial charge >= 0.3 is 6.09 Å². The van der Waals surface area contributed by atoms with Crippen LogP contribution in [0.1, 0.15) is 56.2 Å². The number of carbonyl (C=O) groups excluding carboxylic acids is 3. The summed E-state index contributed by atoms with van der Waals surface area (Å²) in [5, 5.41) is 9.37. The summed E-state index contributed by atoms with van der Waals surface area (Å²) < 4.78 is 16.7. The predicted molar refractivity (Wildman–Crippen MR) is 137 cm³/mol. The molecular weight excluding hydrogens is 488 g/mol. The van der Waals surface area contributed by atoms with Crippen molar-refractivity contribution in [2.75, 3.05) is 13.7 Å². The molecule has 200 valence electrons. The molecule has 1 N–H and O–H groups in total. The van der Waals surface area contributed by atoms with Crippen molar-refractivity contribution in [2.45, 2.75) is 51.7 Å². The van der Waals surface area contributed by atoms with Crippen molar-refractivity contribution in [3.05, 3.63) is 64.9 Å². The number of ether oxygens (including phenoxy) is 2. The zero-order chi connectivity index (χ0) is 26.8. The Labute approximate surface area is 221 Å². The summed E-state index contributed by atoms with van der Waals surface area (Å²) in [7, 11) is 1.17. The van der Waals surface area contributed by atoms with E-state index in [4.69, 9.17) is 13.9 Å². The van der Waals surface area contributed by atoms with Crippen LogP contribution in [0.5, 0.6) is 0 Å². The number of fused-ring (bicyclic) bond motifs is 3. The number of hydrogen-bond donors (Lipinski definition) is 1. The third-order valence-corrected chi connectivity index (χ3v) is 7.74. The highest BCUT2D eigenvalue weighted by molar-refractivity contribution is 6.16. The molecule has 3 amide bonds. The van der Waals surface area contributed by atoms with Crippen LogP contribution >= 0.6 is 0 Å². The van der Waals surface area contributed by atoms with Crippen molar-refractivity contribution in [1.82, 2.24) is 9.88 Å². The molecule has 2 aromatic heterocycles. The maximum Gasteiger partial charge on any atom is 0.423 e. The highest BCUT2D eigenvalue weighted by Gasteiger charge is 2.58. The van der Waals surface area contributed by atoms with Crippen LogP contribution in [-0.2, 0) is 25.7 Å². The standard InChI is InChI=1S/C29H32N2O7/c1-3-6-18-14-21-26(28(34)31(27(21)33)29(35)36-2)22-16-37-24(25(18)22)11-8-17(23-7-4-5-12-30-23)13-19-9-10-20(15-32)38-19/h4-5,7,9-10,12-13,21-22,24,26,32H,3,6,8,11,14-16H2,1-2H3/b17-13-/t21-,22+,24-,26-/m1/s1. The Kier molecular flexibility index (Phi) is 7.58. The van der Waals surface area contributed by atoms with E-state index in [1.807, 2.05) is 30.3 Å². The molecule has 9 heteroatoms. The Hall–Kier alpha value is -3.56. The minimum absolute atomic E-state index is 0.171. The average molecular weight is 521 g/mol. The van der Waals surface area contributed by atoms with E-state index >= 15 is 0 Å². The number of allylic oxidation sites excluding steroid dienone is 2. The van der Waals surface area contributed by atoms with Gasteiger partial charge in [-0.25, -0.2) is 4.79 Å². The first-order valence-corrected chi connectivity index (χ1v) is 13.1. The summed E-state index contributed by atoms with van der Waals surface area (Å²) in [6.45, 7) is 2.26. The summed E-state index contributed by atoms with van der Waals surface area (Å²) in [6.07, 6.45) is 6.03. The normalized spacial score (nSPS) is 25.1. The number of pyridine rings is 1. The Bertz CT molecular complexity index is 1280. The maximum absolute atomic E-state index is 13.2. The summed E-state index contributed by atoms with van der Waals surface area (Å²) in [6, 6.07) is 9.29. The molecule has 3 aliphatic rings. The number of nitrogens with zero attached hydrogens (tertiary/aromatic N) is 2. The van der Waals surface area contributed by atoms with Gasteiger partial charge in [-0.15, -0.1) is 0 Å². The van der Waals surface area contributed by atoms with E-state index in [-0.39, 0.29) is 18.6 Å². The molecule has 4 heterocycles. The molecule has 4 atom stereocenters. The highest BCUT2D eigenvalue weighted by atomic mass is 16.5. The van der Waals surface area contributed by atoms with Gasteiger partial charge in [-0.05, 0) is 67.2 Å². The average Bonchev–Trinajstić information content (AvgIpc) is 3.63. The largest absolute Gasteiger partial charge is 0.459 e. The van der Waals surface area contributed by atoms with E-state index < -0.39 is 29.7 Å². The molecule has 1 aliphatic carbocycles. The maximum atomic E-state index is 13.2. The van der Waals surface area contributed by atoms with Gasteiger partial charge in [-0.1, -0.05) is 25.0 Å².